The Morgan fingerprint density at radius 2 is 1.93 bits per heavy atom. The lowest BCUT2D eigenvalue weighted by Crippen LogP contribution is -2.44. The number of hydrogen-bond donors (Lipinski definition) is 1. The number of carboxylic acids is 1. The Hall–Kier alpha value is -3.07. The summed E-state index contributed by atoms with van der Waals surface area (Å²) in [6.07, 6.45) is 4.36. The van der Waals surface area contributed by atoms with Gasteiger partial charge in [0, 0.05) is 66.8 Å². The van der Waals surface area contributed by atoms with E-state index in [1.807, 2.05) is 29.7 Å². The number of carbonyl (C=O) groups is 1. The average molecular weight is 586 g/mol. The third-order valence-corrected chi connectivity index (χ3v) is 8.66. The molecule has 1 N–H and O–H groups in total. The molecule has 1 aliphatic heterocycles. The summed E-state index contributed by atoms with van der Waals surface area (Å²) in [6.45, 7) is 3.84. The van der Waals surface area contributed by atoms with Crippen LogP contribution in [0.5, 0.6) is 0 Å². The van der Waals surface area contributed by atoms with Gasteiger partial charge in [0.15, 0.2) is 0 Å². The molecule has 1 aliphatic carbocycles. The van der Waals surface area contributed by atoms with Gasteiger partial charge < -0.3 is 23.8 Å². The molecule has 2 aromatic heterocycles. The van der Waals surface area contributed by atoms with Crippen LogP contribution in [0.4, 0.5) is 10.1 Å². The zero-order valence-electron chi connectivity index (χ0n) is 22.1. The number of ether oxygens (including phenoxy) is 1. The number of aromatic carboxylic acids is 1. The van der Waals surface area contributed by atoms with Crippen molar-refractivity contribution in [3.63, 3.8) is 0 Å². The maximum atomic E-state index is 15.9. The van der Waals surface area contributed by atoms with Crippen LogP contribution in [0.25, 0.3) is 22.2 Å². The normalized spacial score (nSPS) is 17.1. The lowest BCUT2D eigenvalue weighted by atomic mass is 9.93. The van der Waals surface area contributed by atoms with E-state index in [9.17, 15) is 9.90 Å². The zero-order chi connectivity index (χ0) is 28.0. The van der Waals surface area contributed by atoms with Gasteiger partial charge in [-0.3, -0.25) is 0 Å². The molecule has 3 heterocycles. The van der Waals surface area contributed by atoms with Crippen LogP contribution in [0.2, 0.25) is 10.0 Å². The molecule has 7 nitrogen and oxygen atoms in total. The van der Waals surface area contributed by atoms with Crippen molar-refractivity contribution in [3.05, 3.63) is 69.5 Å². The average Bonchev–Trinajstić information content (AvgIpc) is 3.59. The quantitative estimate of drug-likeness (QED) is 0.216. The van der Waals surface area contributed by atoms with Gasteiger partial charge in [0.05, 0.1) is 34.3 Å². The second-order valence-electron chi connectivity index (χ2n) is 10.7. The number of aromatic nitrogens is 2. The van der Waals surface area contributed by atoms with Crippen molar-refractivity contribution in [3.8, 4) is 11.3 Å². The summed E-state index contributed by atoms with van der Waals surface area (Å²) < 4.78 is 29.5. The van der Waals surface area contributed by atoms with Crippen molar-refractivity contribution in [2.24, 2.45) is 0 Å². The molecular formula is C30H30Cl2FN3O4. The Kier molecular flexibility index (Phi) is 7.27. The number of anilines is 1. The van der Waals surface area contributed by atoms with Crippen LogP contribution in [0.15, 0.2) is 47.1 Å². The van der Waals surface area contributed by atoms with Crippen LogP contribution < -0.4 is 4.90 Å². The highest BCUT2D eigenvalue weighted by atomic mass is 35.5. The largest absolute Gasteiger partial charge is 0.478 e. The summed E-state index contributed by atoms with van der Waals surface area (Å²) >= 11 is 12.9. The predicted octanol–water partition coefficient (Wildman–Crippen LogP) is 7.72. The summed E-state index contributed by atoms with van der Waals surface area (Å²) in [5, 5.41) is 15.5. The number of hydrogen-bond acceptors (Lipinski definition) is 5. The highest BCUT2D eigenvalue weighted by molar-refractivity contribution is 6.39. The number of aryl methyl sites for hydroxylation is 1. The first kappa shape index (κ1) is 27.1. The molecule has 210 valence electrons. The van der Waals surface area contributed by atoms with Crippen LogP contribution in [0, 0.1) is 0 Å². The topological polar surface area (TPSA) is 80.7 Å². The number of piperidine rings is 1. The van der Waals surface area contributed by atoms with Crippen molar-refractivity contribution in [1.29, 1.82) is 0 Å². The maximum absolute atomic E-state index is 15.9. The van der Waals surface area contributed by atoms with Gasteiger partial charge in [-0.15, -0.1) is 0 Å². The summed E-state index contributed by atoms with van der Waals surface area (Å²) in [7, 11) is 0. The third kappa shape index (κ3) is 5.08. The van der Waals surface area contributed by atoms with E-state index in [1.165, 1.54) is 0 Å². The second-order valence-corrected chi connectivity index (χ2v) is 11.5. The number of halogens is 3. The Balaban J connectivity index is 1.13. The Bertz CT molecular complexity index is 1550. The van der Waals surface area contributed by atoms with E-state index < -0.39 is 11.6 Å². The molecule has 1 saturated heterocycles. The van der Waals surface area contributed by atoms with E-state index in [-0.39, 0.29) is 13.2 Å². The molecule has 4 aromatic rings. The smallest absolute Gasteiger partial charge is 0.337 e. The zero-order valence-corrected chi connectivity index (χ0v) is 23.6. The summed E-state index contributed by atoms with van der Waals surface area (Å²) in [5.41, 5.74) is 2.60. The van der Waals surface area contributed by atoms with E-state index in [0.29, 0.717) is 70.6 Å². The van der Waals surface area contributed by atoms with Crippen molar-refractivity contribution in [2.45, 2.75) is 57.3 Å². The summed E-state index contributed by atoms with van der Waals surface area (Å²) in [4.78, 5) is 13.8. The van der Waals surface area contributed by atoms with E-state index in [4.69, 9.17) is 32.5 Å². The molecule has 6 rings (SSSR count). The molecule has 0 unspecified atom stereocenters. The predicted molar refractivity (Wildman–Crippen MR) is 153 cm³/mol. The first-order chi connectivity index (χ1) is 19.3. The molecule has 0 atom stereocenters. The van der Waals surface area contributed by atoms with Crippen LogP contribution >= 0.6 is 23.2 Å². The van der Waals surface area contributed by atoms with Crippen LogP contribution in [0.1, 0.15) is 60.2 Å². The molecule has 2 aromatic carbocycles. The van der Waals surface area contributed by atoms with Crippen LogP contribution in [0.3, 0.4) is 0 Å². The summed E-state index contributed by atoms with van der Waals surface area (Å²) in [6, 6.07) is 11.1. The Labute approximate surface area is 241 Å². The minimum atomic E-state index is -1.46. The van der Waals surface area contributed by atoms with Crippen molar-refractivity contribution >= 4 is 45.8 Å². The summed E-state index contributed by atoms with van der Waals surface area (Å²) in [5.74, 6) is 0.121. The molecule has 0 amide bonds. The van der Waals surface area contributed by atoms with E-state index >= 15 is 4.39 Å². The van der Waals surface area contributed by atoms with Gasteiger partial charge in [-0.25, -0.2) is 9.18 Å². The van der Waals surface area contributed by atoms with Gasteiger partial charge in [0.2, 0.25) is 0 Å². The molecule has 0 radical (unpaired) electrons. The highest BCUT2D eigenvalue weighted by Gasteiger charge is 2.37. The minimum Gasteiger partial charge on any atom is -0.478 e. The van der Waals surface area contributed by atoms with Crippen molar-refractivity contribution in [2.75, 3.05) is 24.6 Å². The SMILES string of the molecule is CCn1cc(C(=O)O)c2ccc(N3CCC(F)(COCc4c(-c5c(Cl)cccc5Cl)noc4C4CC4)CC3)cc21. The third-order valence-electron chi connectivity index (χ3n) is 8.04. The number of carboxylic acid groups (broad SMARTS) is 1. The fraction of sp³-hybridized carbons (Fsp3) is 0.400. The standard InChI is InChI=1S/C30H30Cl2FN3O4/c1-2-35-15-21(29(37)38)20-9-8-19(14-25(20)35)36-12-10-30(33,11-13-36)17-39-16-22-27(34-40-28(22)18-6-7-18)26-23(31)4-3-5-24(26)32/h3-5,8-9,14-15,18H,2,6-7,10-13,16-17H2,1H3,(H,37,38). The molecule has 2 aliphatic rings. The first-order valence-electron chi connectivity index (χ1n) is 13.6. The van der Waals surface area contributed by atoms with Gasteiger partial charge >= 0.3 is 5.97 Å². The fourth-order valence-corrected chi connectivity index (χ4v) is 6.18. The van der Waals surface area contributed by atoms with E-state index in [2.05, 4.69) is 10.1 Å². The maximum Gasteiger partial charge on any atom is 0.337 e. The van der Waals surface area contributed by atoms with Crippen LogP contribution in [-0.2, 0) is 17.9 Å². The van der Waals surface area contributed by atoms with Gasteiger partial charge in [-0.2, -0.15) is 0 Å². The van der Waals surface area contributed by atoms with Gasteiger partial charge in [0.1, 0.15) is 17.1 Å². The number of benzene rings is 2. The number of alkyl halides is 1. The monoisotopic (exact) mass is 585 g/mol. The molecule has 0 spiro atoms. The number of nitrogens with zero attached hydrogens (tertiary/aromatic N) is 3. The molecule has 2 fully saturated rings. The highest BCUT2D eigenvalue weighted by Crippen LogP contribution is 2.46. The minimum absolute atomic E-state index is 0.0362. The fourth-order valence-electron chi connectivity index (χ4n) is 5.60. The Morgan fingerprint density at radius 1 is 1.20 bits per heavy atom. The van der Waals surface area contributed by atoms with Crippen LogP contribution in [-0.4, -0.2) is 46.2 Å². The molecule has 0 bridgehead atoms. The number of rotatable bonds is 9. The van der Waals surface area contributed by atoms with Crippen molar-refractivity contribution < 1.29 is 23.6 Å². The van der Waals surface area contributed by atoms with Gasteiger partial charge in [0.25, 0.3) is 0 Å². The van der Waals surface area contributed by atoms with Crippen molar-refractivity contribution in [1.82, 2.24) is 9.72 Å². The molecule has 40 heavy (non-hydrogen) atoms. The van der Waals surface area contributed by atoms with Gasteiger partial charge in [-0.05, 0) is 50.1 Å². The lowest BCUT2D eigenvalue weighted by Gasteiger charge is -2.37. The van der Waals surface area contributed by atoms with E-state index in [1.54, 1.807) is 24.4 Å². The number of fused-ring (bicyclic) bond motifs is 1. The molecule has 1 saturated carbocycles. The Morgan fingerprint density at radius 3 is 2.58 bits per heavy atom. The lowest BCUT2D eigenvalue weighted by molar-refractivity contribution is -0.00756. The first-order valence-corrected chi connectivity index (χ1v) is 14.3. The molecule has 10 heteroatoms. The second kappa shape index (κ2) is 10.7. The molecular weight excluding hydrogens is 556 g/mol. The van der Waals surface area contributed by atoms with E-state index in [0.717, 1.165) is 35.4 Å². The van der Waals surface area contributed by atoms with Gasteiger partial charge in [-0.1, -0.05) is 34.4 Å².